The monoisotopic (exact) mass is 293 g/mol. The Balaban J connectivity index is 1.81. The van der Waals surface area contributed by atoms with E-state index in [2.05, 4.69) is 20.7 Å². The highest BCUT2D eigenvalue weighted by Gasteiger charge is 2.29. The van der Waals surface area contributed by atoms with Gasteiger partial charge >= 0.3 is 0 Å². The number of nitrogen functional groups attached to an aromatic ring is 1. The molecule has 3 rings (SSSR count). The summed E-state index contributed by atoms with van der Waals surface area (Å²) in [7, 11) is 0. The third-order valence-electron chi connectivity index (χ3n) is 3.80. The first-order chi connectivity index (χ1) is 9.70. The number of aliphatic hydroxyl groups is 1. The van der Waals surface area contributed by atoms with Crippen molar-refractivity contribution in [2.24, 2.45) is 5.84 Å². The van der Waals surface area contributed by atoms with E-state index in [0.29, 0.717) is 12.5 Å². The Morgan fingerprint density at radius 3 is 2.85 bits per heavy atom. The van der Waals surface area contributed by atoms with Crippen LogP contribution in [0.15, 0.2) is 11.4 Å². The Hall–Kier alpha value is -1.44. The smallest absolute Gasteiger partial charge is 0.239 e. The lowest BCUT2D eigenvalue weighted by Gasteiger charge is -2.32. The third kappa shape index (κ3) is 2.70. The molecule has 7 heteroatoms. The molecule has 0 radical (unpaired) electrons. The van der Waals surface area contributed by atoms with Crippen molar-refractivity contribution < 1.29 is 5.11 Å². The van der Waals surface area contributed by atoms with Gasteiger partial charge < -0.3 is 10.4 Å². The number of aromatic nitrogens is 2. The summed E-state index contributed by atoms with van der Waals surface area (Å²) >= 11 is 1.58. The number of nitrogens with two attached hydrogens (primary N) is 1. The number of rotatable bonds is 4. The summed E-state index contributed by atoms with van der Waals surface area (Å²) < 4.78 is 0.989. The number of fused-ring (bicyclic) bond motifs is 1. The molecule has 0 atom stereocenters. The fraction of sp³-hybridized carbons (Fsp3) is 0.538. The van der Waals surface area contributed by atoms with E-state index in [1.54, 1.807) is 11.3 Å². The predicted molar refractivity (Wildman–Crippen MR) is 81.7 cm³/mol. The summed E-state index contributed by atoms with van der Waals surface area (Å²) in [6.45, 7) is 0.515. The van der Waals surface area contributed by atoms with E-state index in [0.717, 1.165) is 41.7 Å². The van der Waals surface area contributed by atoms with Crippen LogP contribution in [0.3, 0.4) is 0 Å². The molecule has 0 saturated heterocycles. The molecule has 0 unspecified atom stereocenters. The van der Waals surface area contributed by atoms with Crippen molar-refractivity contribution in [1.29, 1.82) is 0 Å². The van der Waals surface area contributed by atoms with E-state index in [4.69, 9.17) is 5.84 Å². The molecule has 20 heavy (non-hydrogen) atoms. The predicted octanol–water partition coefficient (Wildman–Crippen LogP) is 2.08. The van der Waals surface area contributed by atoms with Crippen LogP contribution in [0.1, 0.15) is 32.1 Å². The van der Waals surface area contributed by atoms with Gasteiger partial charge in [0.15, 0.2) is 0 Å². The molecule has 0 spiro atoms. The Morgan fingerprint density at radius 2 is 2.10 bits per heavy atom. The van der Waals surface area contributed by atoms with Crippen molar-refractivity contribution in [1.82, 2.24) is 9.97 Å². The summed E-state index contributed by atoms with van der Waals surface area (Å²) in [5.74, 6) is 6.51. The minimum atomic E-state index is -0.622. The number of hydrogen-bond donors (Lipinski definition) is 4. The van der Waals surface area contributed by atoms with E-state index in [9.17, 15) is 5.11 Å². The van der Waals surface area contributed by atoms with Crippen molar-refractivity contribution in [3.63, 3.8) is 0 Å². The molecule has 1 saturated carbocycles. The lowest BCUT2D eigenvalue weighted by Crippen LogP contribution is -2.39. The van der Waals surface area contributed by atoms with Crippen LogP contribution in [0.5, 0.6) is 0 Å². The highest BCUT2D eigenvalue weighted by atomic mass is 32.1. The average molecular weight is 293 g/mol. The maximum atomic E-state index is 10.5. The van der Waals surface area contributed by atoms with Gasteiger partial charge in [0.05, 0.1) is 15.8 Å². The molecule has 0 aromatic carbocycles. The zero-order chi connectivity index (χ0) is 14.0. The first kappa shape index (κ1) is 13.5. The molecule has 1 aliphatic carbocycles. The van der Waals surface area contributed by atoms with Gasteiger partial charge in [-0.25, -0.2) is 10.8 Å². The Kier molecular flexibility index (Phi) is 3.73. The SMILES string of the molecule is NNc1nc(NCC2(O)CCCCC2)c2sccc2n1. The summed E-state index contributed by atoms with van der Waals surface area (Å²) in [6, 6.07) is 1.93. The van der Waals surface area contributed by atoms with Crippen molar-refractivity contribution in [3.05, 3.63) is 11.4 Å². The van der Waals surface area contributed by atoms with Gasteiger partial charge in [-0.1, -0.05) is 19.3 Å². The molecule has 1 aliphatic rings. The molecular formula is C13H19N5OS. The van der Waals surface area contributed by atoms with Crippen LogP contribution in [-0.2, 0) is 0 Å². The van der Waals surface area contributed by atoms with Crippen molar-refractivity contribution in [2.75, 3.05) is 17.3 Å². The summed E-state index contributed by atoms with van der Waals surface area (Å²) in [4.78, 5) is 8.64. The molecular weight excluding hydrogens is 274 g/mol. The number of nitrogens with zero attached hydrogens (tertiary/aromatic N) is 2. The first-order valence-electron chi connectivity index (χ1n) is 6.88. The van der Waals surface area contributed by atoms with Gasteiger partial charge in [0.1, 0.15) is 5.82 Å². The van der Waals surface area contributed by atoms with Gasteiger partial charge in [-0.15, -0.1) is 11.3 Å². The van der Waals surface area contributed by atoms with Crippen LogP contribution >= 0.6 is 11.3 Å². The number of hydrogen-bond acceptors (Lipinski definition) is 7. The van der Waals surface area contributed by atoms with Gasteiger partial charge in [-0.3, -0.25) is 5.43 Å². The normalized spacial score (nSPS) is 18.1. The molecule has 0 bridgehead atoms. The van der Waals surface area contributed by atoms with E-state index in [1.165, 1.54) is 6.42 Å². The molecule has 108 valence electrons. The van der Waals surface area contributed by atoms with Crippen LogP contribution in [-0.4, -0.2) is 27.2 Å². The van der Waals surface area contributed by atoms with Crippen LogP contribution < -0.4 is 16.6 Å². The quantitative estimate of drug-likeness (QED) is 0.509. The van der Waals surface area contributed by atoms with Crippen molar-refractivity contribution in [2.45, 2.75) is 37.7 Å². The second kappa shape index (κ2) is 5.51. The average Bonchev–Trinajstić information content (AvgIpc) is 2.93. The van der Waals surface area contributed by atoms with Gasteiger partial charge in [0.25, 0.3) is 0 Å². The Morgan fingerprint density at radius 1 is 1.30 bits per heavy atom. The molecule has 0 amide bonds. The maximum Gasteiger partial charge on any atom is 0.239 e. The summed E-state index contributed by atoms with van der Waals surface area (Å²) in [5, 5.41) is 15.8. The van der Waals surface area contributed by atoms with Gasteiger partial charge in [-0.05, 0) is 24.3 Å². The number of hydrazine groups is 1. The molecule has 5 N–H and O–H groups in total. The van der Waals surface area contributed by atoms with Crippen molar-refractivity contribution >= 4 is 33.3 Å². The van der Waals surface area contributed by atoms with Crippen LogP contribution in [0, 0.1) is 0 Å². The third-order valence-corrected chi connectivity index (χ3v) is 4.71. The highest BCUT2D eigenvalue weighted by Crippen LogP contribution is 2.31. The molecule has 0 aliphatic heterocycles. The van der Waals surface area contributed by atoms with E-state index in [-0.39, 0.29) is 0 Å². The second-order valence-electron chi connectivity index (χ2n) is 5.31. The summed E-state index contributed by atoms with van der Waals surface area (Å²) in [5.41, 5.74) is 2.71. The number of thiophene rings is 1. The zero-order valence-electron chi connectivity index (χ0n) is 11.2. The van der Waals surface area contributed by atoms with Crippen LogP contribution in [0.4, 0.5) is 11.8 Å². The maximum absolute atomic E-state index is 10.5. The van der Waals surface area contributed by atoms with Gasteiger partial charge in [0.2, 0.25) is 5.95 Å². The van der Waals surface area contributed by atoms with E-state index in [1.807, 2.05) is 11.4 Å². The largest absolute Gasteiger partial charge is 0.388 e. The zero-order valence-corrected chi connectivity index (χ0v) is 12.0. The molecule has 6 nitrogen and oxygen atoms in total. The lowest BCUT2D eigenvalue weighted by atomic mass is 9.85. The minimum absolute atomic E-state index is 0.383. The molecule has 1 fully saturated rings. The Labute approximate surface area is 121 Å². The fourth-order valence-electron chi connectivity index (χ4n) is 2.68. The number of anilines is 2. The van der Waals surface area contributed by atoms with E-state index < -0.39 is 5.60 Å². The number of nitrogens with one attached hydrogen (secondary N) is 2. The standard InChI is InChI=1S/C13H19N5OS/c14-18-12-16-9-4-7-20-10(9)11(17-12)15-8-13(19)5-2-1-3-6-13/h4,7,19H,1-3,5-6,8,14H2,(H2,15,16,17,18). The van der Waals surface area contributed by atoms with Gasteiger partial charge in [-0.2, -0.15) is 4.98 Å². The molecule has 2 heterocycles. The Bertz CT molecular complexity index is 593. The first-order valence-corrected chi connectivity index (χ1v) is 7.76. The van der Waals surface area contributed by atoms with Crippen LogP contribution in [0.2, 0.25) is 0 Å². The van der Waals surface area contributed by atoms with Crippen molar-refractivity contribution in [3.8, 4) is 0 Å². The van der Waals surface area contributed by atoms with E-state index >= 15 is 0 Å². The highest BCUT2D eigenvalue weighted by molar-refractivity contribution is 7.17. The molecule has 2 aromatic heterocycles. The summed E-state index contributed by atoms with van der Waals surface area (Å²) in [6.07, 6.45) is 5.09. The topological polar surface area (TPSA) is 96.1 Å². The van der Waals surface area contributed by atoms with Gasteiger partial charge in [0, 0.05) is 6.54 Å². The lowest BCUT2D eigenvalue weighted by molar-refractivity contribution is 0.0167. The minimum Gasteiger partial charge on any atom is -0.388 e. The fourth-order valence-corrected chi connectivity index (χ4v) is 3.48. The second-order valence-corrected chi connectivity index (χ2v) is 6.23. The molecule has 2 aromatic rings. The van der Waals surface area contributed by atoms with Crippen LogP contribution in [0.25, 0.3) is 10.2 Å².